The van der Waals surface area contributed by atoms with Crippen molar-refractivity contribution in [2.24, 2.45) is 0 Å². The number of benzene rings is 1. The van der Waals surface area contributed by atoms with E-state index in [1.807, 2.05) is 11.4 Å². The first-order valence-corrected chi connectivity index (χ1v) is 7.77. The van der Waals surface area contributed by atoms with Crippen molar-refractivity contribution in [3.8, 4) is 0 Å². The van der Waals surface area contributed by atoms with Crippen molar-refractivity contribution < 1.29 is 23.1 Å². The van der Waals surface area contributed by atoms with Gasteiger partial charge in [-0.15, -0.1) is 11.3 Å². The van der Waals surface area contributed by atoms with E-state index in [0.717, 1.165) is 22.3 Å². The van der Waals surface area contributed by atoms with E-state index in [4.69, 9.17) is 4.74 Å². The molecule has 0 aliphatic heterocycles. The molecule has 0 saturated heterocycles. The average Bonchev–Trinajstić information content (AvgIpc) is 3.12. The summed E-state index contributed by atoms with van der Waals surface area (Å²) in [4.78, 5) is 24.8. The number of halogens is 2. The summed E-state index contributed by atoms with van der Waals surface area (Å²) in [5, 5.41) is 5.01. The molecule has 0 atom stereocenters. The van der Waals surface area contributed by atoms with E-state index < -0.39 is 23.5 Å². The van der Waals surface area contributed by atoms with Gasteiger partial charge in [-0.05, 0) is 29.6 Å². The van der Waals surface area contributed by atoms with Crippen molar-refractivity contribution in [1.29, 1.82) is 0 Å². The second kappa shape index (κ2) is 6.40. The molecule has 3 rings (SSSR count). The molecule has 0 fully saturated rings. The number of esters is 1. The topological polar surface area (TPSA) is 60.3 Å². The molecule has 0 aliphatic rings. The number of aromatic nitrogens is 1. The number of ether oxygens (including phenoxy) is 1. The van der Waals surface area contributed by atoms with Crippen LogP contribution in [0.4, 0.5) is 14.5 Å². The smallest absolute Gasteiger partial charge is 0.354 e. The van der Waals surface area contributed by atoms with E-state index in [1.165, 1.54) is 23.0 Å². The fourth-order valence-corrected chi connectivity index (χ4v) is 3.23. The third kappa shape index (κ3) is 3.00. The van der Waals surface area contributed by atoms with Crippen LogP contribution in [-0.2, 0) is 16.1 Å². The van der Waals surface area contributed by atoms with Crippen LogP contribution >= 0.6 is 11.3 Å². The van der Waals surface area contributed by atoms with Crippen LogP contribution in [0.2, 0.25) is 0 Å². The first kappa shape index (κ1) is 16.1. The SMILES string of the molecule is COC(=O)c1cc2ccsc2n1CC(=O)Nc1ccc(F)cc1F. The van der Waals surface area contributed by atoms with E-state index in [-0.39, 0.29) is 17.9 Å². The number of hydrogen-bond donors (Lipinski definition) is 1. The lowest BCUT2D eigenvalue weighted by Gasteiger charge is -2.10. The standard InChI is InChI=1S/C16H12F2N2O3S/c1-23-16(22)13-6-9-4-5-24-15(9)20(13)8-14(21)19-12-3-2-10(17)7-11(12)18/h2-7H,8H2,1H3,(H,19,21). The zero-order valence-corrected chi connectivity index (χ0v) is 13.3. The molecule has 0 unspecified atom stereocenters. The van der Waals surface area contributed by atoms with Crippen molar-refractivity contribution in [2.45, 2.75) is 6.54 Å². The number of nitrogens with zero attached hydrogens (tertiary/aromatic N) is 1. The van der Waals surface area contributed by atoms with E-state index in [1.54, 1.807) is 6.07 Å². The van der Waals surface area contributed by atoms with Gasteiger partial charge in [0.2, 0.25) is 5.91 Å². The van der Waals surface area contributed by atoms with E-state index in [0.29, 0.717) is 6.07 Å². The number of fused-ring (bicyclic) bond motifs is 1. The molecule has 0 bridgehead atoms. The van der Waals surface area contributed by atoms with Crippen molar-refractivity contribution in [2.75, 3.05) is 12.4 Å². The first-order chi connectivity index (χ1) is 11.5. The summed E-state index contributed by atoms with van der Waals surface area (Å²) in [7, 11) is 1.25. The van der Waals surface area contributed by atoms with Gasteiger partial charge in [0.1, 0.15) is 28.7 Å². The maximum Gasteiger partial charge on any atom is 0.354 e. The van der Waals surface area contributed by atoms with E-state index in [2.05, 4.69) is 5.32 Å². The zero-order valence-electron chi connectivity index (χ0n) is 12.5. The third-order valence-electron chi connectivity index (χ3n) is 3.40. The largest absolute Gasteiger partial charge is 0.464 e. The van der Waals surface area contributed by atoms with Gasteiger partial charge in [0.15, 0.2) is 0 Å². The second-order valence-electron chi connectivity index (χ2n) is 4.96. The number of anilines is 1. The molecule has 0 spiro atoms. The number of carbonyl (C=O) groups excluding carboxylic acids is 2. The summed E-state index contributed by atoms with van der Waals surface area (Å²) in [5.41, 5.74) is 0.102. The highest BCUT2D eigenvalue weighted by molar-refractivity contribution is 7.16. The number of nitrogens with one attached hydrogen (secondary N) is 1. The third-order valence-corrected chi connectivity index (χ3v) is 4.36. The first-order valence-electron chi connectivity index (χ1n) is 6.89. The van der Waals surface area contributed by atoms with Gasteiger partial charge >= 0.3 is 5.97 Å². The Balaban J connectivity index is 1.87. The predicted molar refractivity (Wildman–Crippen MR) is 86.1 cm³/mol. The maximum absolute atomic E-state index is 13.6. The minimum absolute atomic E-state index is 0.129. The minimum Gasteiger partial charge on any atom is -0.464 e. The molecule has 1 amide bonds. The van der Waals surface area contributed by atoms with E-state index in [9.17, 15) is 18.4 Å². The van der Waals surface area contributed by atoms with Gasteiger partial charge in [0, 0.05) is 11.5 Å². The normalized spacial score (nSPS) is 10.8. The number of hydrogen-bond acceptors (Lipinski definition) is 4. The number of rotatable bonds is 4. The molecule has 3 aromatic rings. The molecule has 5 nitrogen and oxygen atoms in total. The highest BCUT2D eigenvalue weighted by Crippen LogP contribution is 2.26. The summed E-state index contributed by atoms with van der Waals surface area (Å²) in [6.07, 6.45) is 0. The molecule has 1 N–H and O–H groups in total. The second-order valence-corrected chi connectivity index (χ2v) is 5.86. The number of methoxy groups -OCH3 is 1. The average molecular weight is 350 g/mol. The summed E-state index contributed by atoms with van der Waals surface area (Å²) < 4.78 is 32.7. The van der Waals surface area contributed by atoms with Crippen LogP contribution in [0, 0.1) is 11.6 Å². The van der Waals surface area contributed by atoms with Crippen LogP contribution in [0.5, 0.6) is 0 Å². The lowest BCUT2D eigenvalue weighted by molar-refractivity contribution is -0.116. The molecule has 0 saturated carbocycles. The van der Waals surface area contributed by atoms with Crippen molar-refractivity contribution in [3.63, 3.8) is 0 Å². The molecule has 1 aromatic carbocycles. The Bertz CT molecular complexity index is 933. The molecular formula is C16H12F2N2O3S. The van der Waals surface area contributed by atoms with Gasteiger partial charge < -0.3 is 14.6 Å². The Kier molecular flexibility index (Phi) is 4.30. The zero-order chi connectivity index (χ0) is 17.3. The molecule has 2 heterocycles. The van der Waals surface area contributed by atoms with Gasteiger partial charge in [-0.3, -0.25) is 4.79 Å². The Hall–Kier alpha value is -2.74. The molecule has 0 radical (unpaired) electrons. The summed E-state index contributed by atoms with van der Waals surface area (Å²) in [6, 6.07) is 6.32. The van der Waals surface area contributed by atoms with Crippen molar-refractivity contribution in [1.82, 2.24) is 4.57 Å². The fourth-order valence-electron chi connectivity index (χ4n) is 2.33. The minimum atomic E-state index is -0.870. The maximum atomic E-state index is 13.6. The highest BCUT2D eigenvalue weighted by atomic mass is 32.1. The Morgan fingerprint density at radius 1 is 1.25 bits per heavy atom. The van der Waals surface area contributed by atoms with Gasteiger partial charge in [-0.25, -0.2) is 13.6 Å². The predicted octanol–water partition coefficient (Wildman–Crippen LogP) is 3.41. The molecule has 0 aliphatic carbocycles. The highest BCUT2D eigenvalue weighted by Gasteiger charge is 2.19. The molecule has 24 heavy (non-hydrogen) atoms. The van der Waals surface area contributed by atoms with Gasteiger partial charge in [0.05, 0.1) is 12.8 Å². The van der Waals surface area contributed by atoms with Crippen molar-refractivity contribution >= 4 is 39.1 Å². The van der Waals surface area contributed by atoms with Gasteiger partial charge in [-0.2, -0.15) is 0 Å². The Morgan fingerprint density at radius 2 is 2.04 bits per heavy atom. The summed E-state index contributed by atoms with van der Waals surface area (Å²) >= 11 is 1.37. The van der Waals surface area contributed by atoms with Gasteiger partial charge in [0.25, 0.3) is 0 Å². The van der Waals surface area contributed by atoms with Crippen LogP contribution in [0.15, 0.2) is 35.7 Å². The van der Waals surface area contributed by atoms with E-state index >= 15 is 0 Å². The number of amides is 1. The summed E-state index contributed by atoms with van der Waals surface area (Å²) in [5.74, 6) is -2.72. The molecule has 8 heteroatoms. The van der Waals surface area contributed by atoms with Crippen LogP contribution in [0.3, 0.4) is 0 Å². The van der Waals surface area contributed by atoms with Crippen molar-refractivity contribution in [3.05, 3.63) is 53.0 Å². The Morgan fingerprint density at radius 3 is 2.75 bits per heavy atom. The fraction of sp³-hybridized carbons (Fsp3) is 0.125. The van der Waals surface area contributed by atoms with Crippen LogP contribution in [0.25, 0.3) is 10.2 Å². The molecule has 2 aromatic heterocycles. The molecular weight excluding hydrogens is 338 g/mol. The molecule has 124 valence electrons. The quantitative estimate of drug-likeness (QED) is 0.734. The van der Waals surface area contributed by atoms with Crippen LogP contribution in [-0.4, -0.2) is 23.6 Å². The Labute approximate surface area is 139 Å². The monoisotopic (exact) mass is 350 g/mol. The number of carbonyl (C=O) groups is 2. The number of thiophene rings is 1. The van der Waals surface area contributed by atoms with Crippen LogP contribution < -0.4 is 5.32 Å². The van der Waals surface area contributed by atoms with Crippen LogP contribution in [0.1, 0.15) is 10.5 Å². The summed E-state index contributed by atoms with van der Waals surface area (Å²) in [6.45, 7) is -0.203. The lowest BCUT2D eigenvalue weighted by Crippen LogP contribution is -2.22. The van der Waals surface area contributed by atoms with Gasteiger partial charge in [-0.1, -0.05) is 0 Å². The lowest BCUT2D eigenvalue weighted by atomic mass is 10.3.